The van der Waals surface area contributed by atoms with Crippen LogP contribution in [0.25, 0.3) is 0 Å². The van der Waals surface area contributed by atoms with Crippen molar-refractivity contribution in [2.45, 2.75) is 19.5 Å². The van der Waals surface area contributed by atoms with Crippen molar-refractivity contribution >= 4 is 17.3 Å². The maximum Gasteiger partial charge on any atom is 0.122 e. The van der Waals surface area contributed by atoms with E-state index in [2.05, 4.69) is 10.6 Å². The molecule has 0 spiro atoms. The fourth-order valence-corrected chi connectivity index (χ4v) is 2.32. The Morgan fingerprint density at radius 1 is 1.59 bits per heavy atom. The van der Waals surface area contributed by atoms with Crippen molar-refractivity contribution in [3.8, 4) is 0 Å². The fraction of sp³-hybridized carbons (Fsp3) is 0.538. The second-order valence-electron chi connectivity index (χ2n) is 4.60. The summed E-state index contributed by atoms with van der Waals surface area (Å²) < 4.78 is 13.1. The molecule has 4 heteroatoms. The summed E-state index contributed by atoms with van der Waals surface area (Å²) in [4.78, 5) is 0. The van der Waals surface area contributed by atoms with E-state index in [1.165, 1.54) is 13.3 Å². The number of nitrogens with one attached hydrogen (secondary N) is 2. The van der Waals surface area contributed by atoms with Crippen LogP contribution in [0, 0.1) is 5.92 Å². The molecule has 94 valence electrons. The van der Waals surface area contributed by atoms with Gasteiger partial charge >= 0.3 is 0 Å². The zero-order chi connectivity index (χ0) is 12.3. The number of hydrogen-bond acceptors (Lipinski definition) is 2. The van der Waals surface area contributed by atoms with E-state index in [-0.39, 0.29) is 0 Å². The number of halogens is 2. The number of anilines is 1. The van der Waals surface area contributed by atoms with Crippen LogP contribution in [0.3, 0.4) is 0 Å². The van der Waals surface area contributed by atoms with Crippen LogP contribution in [0.2, 0.25) is 5.02 Å². The lowest BCUT2D eigenvalue weighted by molar-refractivity contribution is 0.374. The molecule has 2 unspecified atom stereocenters. The monoisotopic (exact) mass is 256 g/mol. The molecule has 2 atom stereocenters. The Morgan fingerprint density at radius 3 is 3.00 bits per heavy atom. The Balaban J connectivity index is 1.96. The smallest absolute Gasteiger partial charge is 0.122 e. The lowest BCUT2D eigenvalue weighted by Crippen LogP contribution is -2.17. The van der Waals surface area contributed by atoms with Gasteiger partial charge in [0.1, 0.15) is 6.17 Å². The molecule has 1 saturated heterocycles. The van der Waals surface area contributed by atoms with Gasteiger partial charge in [0.15, 0.2) is 0 Å². The molecule has 0 aromatic heterocycles. The fourth-order valence-electron chi connectivity index (χ4n) is 2.07. The van der Waals surface area contributed by atoms with Crippen molar-refractivity contribution in [3.63, 3.8) is 0 Å². The van der Waals surface area contributed by atoms with Crippen molar-refractivity contribution in [2.75, 3.05) is 25.0 Å². The predicted molar refractivity (Wildman–Crippen MR) is 70.4 cm³/mol. The van der Waals surface area contributed by atoms with E-state index in [0.717, 1.165) is 25.3 Å². The van der Waals surface area contributed by atoms with Crippen LogP contribution < -0.4 is 10.6 Å². The van der Waals surface area contributed by atoms with Crippen molar-refractivity contribution in [3.05, 3.63) is 28.8 Å². The number of hydrogen-bond donors (Lipinski definition) is 2. The van der Waals surface area contributed by atoms with Gasteiger partial charge in [0.25, 0.3) is 0 Å². The number of alkyl halides is 1. The van der Waals surface area contributed by atoms with Crippen molar-refractivity contribution in [1.82, 2.24) is 5.32 Å². The lowest BCUT2D eigenvalue weighted by atomic mass is 10.1. The zero-order valence-electron chi connectivity index (χ0n) is 9.97. The Kier molecular flexibility index (Phi) is 4.24. The highest BCUT2D eigenvalue weighted by Gasteiger charge is 2.14. The summed E-state index contributed by atoms with van der Waals surface area (Å²) >= 11 is 6.11. The van der Waals surface area contributed by atoms with Crippen LogP contribution in [-0.2, 0) is 0 Å². The van der Waals surface area contributed by atoms with Crippen molar-refractivity contribution in [2.24, 2.45) is 5.92 Å². The van der Waals surface area contributed by atoms with Gasteiger partial charge in [-0.2, -0.15) is 0 Å². The molecule has 1 aliphatic heterocycles. The largest absolute Gasteiger partial charge is 0.384 e. The molecule has 2 rings (SSSR count). The van der Waals surface area contributed by atoms with Gasteiger partial charge in [0.05, 0.1) is 10.7 Å². The minimum absolute atomic E-state index is 0.595. The molecule has 1 heterocycles. The molecule has 1 aliphatic rings. The van der Waals surface area contributed by atoms with Crippen LogP contribution >= 0.6 is 11.6 Å². The van der Waals surface area contributed by atoms with E-state index in [1.54, 1.807) is 12.1 Å². The van der Waals surface area contributed by atoms with Crippen LogP contribution in [0.1, 0.15) is 25.1 Å². The molecule has 0 saturated carbocycles. The quantitative estimate of drug-likeness (QED) is 0.863. The third kappa shape index (κ3) is 3.33. The van der Waals surface area contributed by atoms with Crippen LogP contribution in [0.5, 0.6) is 0 Å². The highest BCUT2D eigenvalue weighted by molar-refractivity contribution is 6.33. The second kappa shape index (κ2) is 5.69. The third-order valence-corrected chi connectivity index (χ3v) is 3.51. The molecule has 1 fully saturated rings. The van der Waals surface area contributed by atoms with Gasteiger partial charge in [-0.05, 0) is 50.0 Å². The number of rotatable bonds is 4. The molecule has 2 nitrogen and oxygen atoms in total. The normalized spacial score (nSPS) is 21.5. The summed E-state index contributed by atoms with van der Waals surface area (Å²) in [6.45, 7) is 4.59. The predicted octanol–water partition coefficient (Wildman–Crippen LogP) is 3.39. The Morgan fingerprint density at radius 2 is 2.41 bits per heavy atom. The van der Waals surface area contributed by atoms with Gasteiger partial charge in [0.2, 0.25) is 0 Å². The average Bonchev–Trinajstić information content (AvgIpc) is 2.80. The molecule has 0 bridgehead atoms. The van der Waals surface area contributed by atoms with Gasteiger partial charge in [-0.1, -0.05) is 17.7 Å². The van der Waals surface area contributed by atoms with E-state index in [4.69, 9.17) is 11.6 Å². The molecular formula is C13H18ClFN2. The van der Waals surface area contributed by atoms with Gasteiger partial charge < -0.3 is 10.6 Å². The maximum atomic E-state index is 13.1. The minimum atomic E-state index is -0.972. The summed E-state index contributed by atoms with van der Waals surface area (Å²) in [5, 5.41) is 7.25. The Hall–Kier alpha value is -0.800. The minimum Gasteiger partial charge on any atom is -0.384 e. The SMILES string of the molecule is CC(F)c1ccc(NCC2CCNC2)c(Cl)c1. The molecule has 0 aliphatic carbocycles. The van der Waals surface area contributed by atoms with E-state index in [0.29, 0.717) is 16.5 Å². The highest BCUT2D eigenvalue weighted by atomic mass is 35.5. The van der Waals surface area contributed by atoms with Gasteiger partial charge in [-0.15, -0.1) is 0 Å². The Bertz CT molecular complexity index is 376. The summed E-state index contributed by atoms with van der Waals surface area (Å²) in [5.74, 6) is 0.658. The van der Waals surface area contributed by atoms with E-state index < -0.39 is 6.17 Å². The van der Waals surface area contributed by atoms with E-state index in [9.17, 15) is 4.39 Å². The topological polar surface area (TPSA) is 24.1 Å². The molecule has 0 radical (unpaired) electrons. The lowest BCUT2D eigenvalue weighted by Gasteiger charge is -2.13. The van der Waals surface area contributed by atoms with E-state index >= 15 is 0 Å². The second-order valence-corrected chi connectivity index (χ2v) is 5.00. The first-order valence-electron chi connectivity index (χ1n) is 6.05. The van der Waals surface area contributed by atoms with Crippen molar-refractivity contribution in [1.29, 1.82) is 0 Å². The van der Waals surface area contributed by atoms with E-state index in [1.807, 2.05) is 6.07 Å². The van der Waals surface area contributed by atoms with Crippen LogP contribution in [0.4, 0.5) is 10.1 Å². The summed E-state index contributed by atoms with van der Waals surface area (Å²) in [6.07, 6.45) is 0.227. The van der Waals surface area contributed by atoms with Crippen molar-refractivity contribution < 1.29 is 4.39 Å². The van der Waals surface area contributed by atoms with Gasteiger partial charge in [-0.25, -0.2) is 4.39 Å². The maximum absolute atomic E-state index is 13.1. The van der Waals surface area contributed by atoms with Crippen LogP contribution in [-0.4, -0.2) is 19.6 Å². The summed E-state index contributed by atoms with van der Waals surface area (Å²) in [7, 11) is 0. The Labute approximate surface area is 107 Å². The average molecular weight is 257 g/mol. The first-order chi connectivity index (χ1) is 8.16. The standard InChI is InChI=1S/C13H18ClFN2/c1-9(15)11-2-3-13(12(14)6-11)17-8-10-4-5-16-7-10/h2-3,6,9-10,16-17H,4-5,7-8H2,1H3. The van der Waals surface area contributed by atoms with Gasteiger partial charge in [-0.3, -0.25) is 0 Å². The summed E-state index contributed by atoms with van der Waals surface area (Å²) in [6, 6.07) is 5.34. The molecule has 0 amide bonds. The van der Waals surface area contributed by atoms with Crippen LogP contribution in [0.15, 0.2) is 18.2 Å². The first kappa shape index (κ1) is 12.7. The zero-order valence-corrected chi connectivity index (χ0v) is 10.7. The molecule has 2 N–H and O–H groups in total. The molecular weight excluding hydrogens is 239 g/mol. The molecule has 1 aromatic rings. The van der Waals surface area contributed by atoms with Gasteiger partial charge in [0, 0.05) is 6.54 Å². The third-order valence-electron chi connectivity index (χ3n) is 3.20. The molecule has 1 aromatic carbocycles. The summed E-state index contributed by atoms with van der Waals surface area (Å²) in [5.41, 5.74) is 1.52. The first-order valence-corrected chi connectivity index (χ1v) is 6.42. The number of benzene rings is 1. The molecule has 17 heavy (non-hydrogen) atoms. The highest BCUT2D eigenvalue weighted by Crippen LogP contribution is 2.27.